The second kappa shape index (κ2) is 8.61. The molecule has 3 rings (SSSR count). The Hall–Kier alpha value is -3.68. The van der Waals surface area contributed by atoms with E-state index in [1.54, 1.807) is 49.8 Å². The first kappa shape index (κ1) is 18.1. The van der Waals surface area contributed by atoms with Crippen LogP contribution in [-0.2, 0) is 6.54 Å². The lowest BCUT2D eigenvalue weighted by Crippen LogP contribution is -2.15. The van der Waals surface area contributed by atoms with E-state index < -0.39 is 0 Å². The zero-order valence-electron chi connectivity index (χ0n) is 15.0. The van der Waals surface area contributed by atoms with Crippen LogP contribution in [0.15, 0.2) is 54.9 Å². The van der Waals surface area contributed by atoms with E-state index in [9.17, 15) is 4.79 Å². The van der Waals surface area contributed by atoms with Gasteiger partial charge < -0.3 is 20.1 Å². The normalized spacial score (nSPS) is 10.1. The smallest absolute Gasteiger partial charge is 0.276 e. The van der Waals surface area contributed by atoms with Crippen molar-refractivity contribution in [2.75, 3.05) is 24.9 Å². The summed E-state index contributed by atoms with van der Waals surface area (Å²) in [5.41, 5.74) is 1.73. The maximum Gasteiger partial charge on any atom is 0.276 e. The predicted molar refractivity (Wildman–Crippen MR) is 101 cm³/mol. The lowest BCUT2D eigenvalue weighted by molar-refractivity contribution is 0.102. The second-order valence-electron chi connectivity index (χ2n) is 5.54. The Bertz CT molecular complexity index is 901. The quantitative estimate of drug-likeness (QED) is 0.664. The highest BCUT2D eigenvalue weighted by molar-refractivity contribution is 6.03. The largest absolute Gasteiger partial charge is 0.497 e. The van der Waals surface area contributed by atoms with Crippen LogP contribution < -0.4 is 20.1 Å². The molecule has 0 radical (unpaired) electrons. The van der Waals surface area contributed by atoms with E-state index in [1.165, 1.54) is 7.11 Å². The molecule has 1 aromatic carbocycles. The minimum absolute atomic E-state index is 0.194. The van der Waals surface area contributed by atoms with Crippen molar-refractivity contribution in [3.05, 3.63) is 66.1 Å². The molecular formula is C19H19N5O3. The standard InChI is InChI=1S/C19H19N5O3/c1-26-14-5-6-15(17(10-14)27-2)22-19(25)16-7-8-18(24-23-16)21-12-13-4-3-9-20-11-13/h3-11H,12H2,1-2H3,(H,21,24)(H,22,25). The summed E-state index contributed by atoms with van der Waals surface area (Å²) in [5, 5.41) is 13.9. The van der Waals surface area contributed by atoms with E-state index in [0.717, 1.165) is 5.56 Å². The first-order valence-electron chi connectivity index (χ1n) is 8.19. The lowest BCUT2D eigenvalue weighted by Gasteiger charge is -2.11. The number of pyridine rings is 1. The molecule has 0 spiro atoms. The molecule has 0 aliphatic heterocycles. The molecule has 138 valence electrons. The molecular weight excluding hydrogens is 346 g/mol. The van der Waals surface area contributed by atoms with Crippen LogP contribution in [0.2, 0.25) is 0 Å². The molecule has 0 aliphatic rings. The number of ether oxygens (including phenoxy) is 2. The van der Waals surface area contributed by atoms with Gasteiger partial charge in [-0.1, -0.05) is 6.07 Å². The Labute approximate surface area is 156 Å². The summed E-state index contributed by atoms with van der Waals surface area (Å²) < 4.78 is 10.4. The van der Waals surface area contributed by atoms with Crippen molar-refractivity contribution in [2.45, 2.75) is 6.54 Å². The van der Waals surface area contributed by atoms with Crippen LogP contribution in [0.3, 0.4) is 0 Å². The SMILES string of the molecule is COc1ccc(NC(=O)c2ccc(NCc3cccnc3)nn2)c(OC)c1. The van der Waals surface area contributed by atoms with Crippen LogP contribution in [0, 0.1) is 0 Å². The summed E-state index contributed by atoms with van der Waals surface area (Å²) in [6.07, 6.45) is 3.49. The van der Waals surface area contributed by atoms with Gasteiger partial charge in [0.2, 0.25) is 0 Å². The van der Waals surface area contributed by atoms with Crippen LogP contribution in [0.1, 0.15) is 16.1 Å². The average molecular weight is 365 g/mol. The van der Waals surface area contributed by atoms with Gasteiger partial charge in [0, 0.05) is 25.0 Å². The fourth-order valence-corrected chi connectivity index (χ4v) is 2.33. The summed E-state index contributed by atoms with van der Waals surface area (Å²) in [6.45, 7) is 0.567. The molecule has 0 fully saturated rings. The van der Waals surface area contributed by atoms with E-state index in [1.807, 2.05) is 12.1 Å². The van der Waals surface area contributed by atoms with E-state index in [-0.39, 0.29) is 11.6 Å². The zero-order chi connectivity index (χ0) is 19.1. The molecule has 8 nitrogen and oxygen atoms in total. The van der Waals surface area contributed by atoms with Crippen LogP contribution >= 0.6 is 0 Å². The number of nitrogens with one attached hydrogen (secondary N) is 2. The van der Waals surface area contributed by atoms with Crippen molar-refractivity contribution in [1.82, 2.24) is 15.2 Å². The van der Waals surface area contributed by atoms with Crippen molar-refractivity contribution in [3.63, 3.8) is 0 Å². The van der Waals surface area contributed by atoms with E-state index in [4.69, 9.17) is 9.47 Å². The third-order valence-corrected chi connectivity index (χ3v) is 3.75. The van der Waals surface area contributed by atoms with E-state index >= 15 is 0 Å². The topological polar surface area (TPSA) is 98.3 Å². The highest BCUT2D eigenvalue weighted by Gasteiger charge is 2.12. The van der Waals surface area contributed by atoms with E-state index in [0.29, 0.717) is 29.5 Å². The molecule has 0 atom stereocenters. The van der Waals surface area contributed by atoms with E-state index in [2.05, 4.69) is 25.8 Å². The fraction of sp³-hybridized carbons (Fsp3) is 0.158. The number of anilines is 2. The van der Waals surface area contributed by atoms with Crippen LogP contribution in [-0.4, -0.2) is 35.3 Å². The molecule has 2 heterocycles. The van der Waals surface area contributed by atoms with Gasteiger partial charge in [-0.25, -0.2) is 0 Å². The number of benzene rings is 1. The maximum absolute atomic E-state index is 12.4. The summed E-state index contributed by atoms with van der Waals surface area (Å²) in [7, 11) is 3.08. The summed E-state index contributed by atoms with van der Waals surface area (Å²) in [6, 6.07) is 12.2. The van der Waals surface area contributed by atoms with Gasteiger partial charge in [0.1, 0.15) is 17.3 Å². The third kappa shape index (κ3) is 4.69. The number of amides is 1. The molecule has 0 aliphatic carbocycles. The molecule has 0 saturated heterocycles. The molecule has 1 amide bonds. The minimum Gasteiger partial charge on any atom is -0.497 e. The van der Waals surface area contributed by atoms with Crippen LogP contribution in [0.4, 0.5) is 11.5 Å². The number of aromatic nitrogens is 3. The van der Waals surface area contributed by atoms with Crippen molar-refractivity contribution < 1.29 is 14.3 Å². The number of hydrogen-bond acceptors (Lipinski definition) is 7. The maximum atomic E-state index is 12.4. The monoisotopic (exact) mass is 365 g/mol. The number of rotatable bonds is 7. The molecule has 3 aromatic rings. The van der Waals surface area contributed by atoms with Crippen LogP contribution in [0.25, 0.3) is 0 Å². The highest BCUT2D eigenvalue weighted by atomic mass is 16.5. The molecule has 0 bridgehead atoms. The Morgan fingerprint density at radius 1 is 1.07 bits per heavy atom. The van der Waals surface area contributed by atoms with Crippen molar-refractivity contribution in [1.29, 1.82) is 0 Å². The van der Waals surface area contributed by atoms with Crippen molar-refractivity contribution >= 4 is 17.4 Å². The summed E-state index contributed by atoms with van der Waals surface area (Å²) in [4.78, 5) is 16.5. The number of hydrogen-bond donors (Lipinski definition) is 2. The number of carbonyl (C=O) groups excluding carboxylic acids is 1. The first-order chi connectivity index (χ1) is 13.2. The van der Waals surface area contributed by atoms with Gasteiger partial charge in [0.15, 0.2) is 5.69 Å². The second-order valence-corrected chi connectivity index (χ2v) is 5.54. The Morgan fingerprint density at radius 3 is 2.63 bits per heavy atom. The Morgan fingerprint density at radius 2 is 1.96 bits per heavy atom. The number of nitrogens with zero attached hydrogens (tertiary/aromatic N) is 3. The molecule has 2 N–H and O–H groups in total. The van der Waals surface area contributed by atoms with Gasteiger partial charge in [-0.05, 0) is 35.9 Å². The Kier molecular flexibility index (Phi) is 5.78. The molecule has 8 heteroatoms. The van der Waals surface area contributed by atoms with Gasteiger partial charge in [-0.15, -0.1) is 10.2 Å². The van der Waals surface area contributed by atoms with Gasteiger partial charge in [0.25, 0.3) is 5.91 Å². The van der Waals surface area contributed by atoms with Gasteiger partial charge in [-0.2, -0.15) is 0 Å². The van der Waals surface area contributed by atoms with Crippen LogP contribution in [0.5, 0.6) is 11.5 Å². The minimum atomic E-state index is -0.384. The van der Waals surface area contributed by atoms with Gasteiger partial charge in [0.05, 0.1) is 19.9 Å². The predicted octanol–water partition coefficient (Wildman–Crippen LogP) is 2.75. The van der Waals surface area contributed by atoms with Gasteiger partial charge >= 0.3 is 0 Å². The lowest BCUT2D eigenvalue weighted by atomic mass is 10.2. The van der Waals surface area contributed by atoms with Gasteiger partial charge in [-0.3, -0.25) is 9.78 Å². The number of methoxy groups -OCH3 is 2. The highest BCUT2D eigenvalue weighted by Crippen LogP contribution is 2.29. The number of carbonyl (C=O) groups is 1. The molecule has 0 unspecified atom stereocenters. The fourth-order valence-electron chi connectivity index (χ4n) is 2.33. The third-order valence-electron chi connectivity index (χ3n) is 3.75. The summed E-state index contributed by atoms with van der Waals surface area (Å²) in [5.74, 6) is 1.31. The zero-order valence-corrected chi connectivity index (χ0v) is 15.0. The van der Waals surface area contributed by atoms with Crippen molar-refractivity contribution in [2.24, 2.45) is 0 Å². The Balaban J connectivity index is 1.64. The average Bonchev–Trinajstić information content (AvgIpc) is 2.73. The molecule has 0 saturated carbocycles. The molecule has 27 heavy (non-hydrogen) atoms. The molecule has 2 aromatic heterocycles. The van der Waals surface area contributed by atoms with Crippen molar-refractivity contribution in [3.8, 4) is 11.5 Å². The summed E-state index contributed by atoms with van der Waals surface area (Å²) >= 11 is 0. The first-order valence-corrected chi connectivity index (χ1v) is 8.19.